The van der Waals surface area contributed by atoms with Crippen molar-refractivity contribution in [1.82, 2.24) is 15.2 Å². The van der Waals surface area contributed by atoms with E-state index in [2.05, 4.69) is 40.2 Å². The summed E-state index contributed by atoms with van der Waals surface area (Å²) in [7, 11) is 0. The Hall–Kier alpha value is -3.54. The van der Waals surface area contributed by atoms with Gasteiger partial charge in [0.05, 0.1) is 5.39 Å². The number of ether oxygens (including phenoxy) is 1. The molecule has 6 nitrogen and oxygen atoms in total. The summed E-state index contributed by atoms with van der Waals surface area (Å²) < 4.78 is 5.93. The van der Waals surface area contributed by atoms with Gasteiger partial charge in [-0.3, -0.25) is 5.10 Å². The van der Waals surface area contributed by atoms with Gasteiger partial charge in [-0.25, -0.2) is 4.98 Å². The lowest BCUT2D eigenvalue weighted by Crippen LogP contribution is -2.33. The lowest BCUT2D eigenvalue weighted by atomic mass is 9.98. The summed E-state index contributed by atoms with van der Waals surface area (Å²) in [5.74, 6) is 3.87. The molecule has 5 rings (SSSR count). The summed E-state index contributed by atoms with van der Waals surface area (Å²) in [6, 6.07) is 20.0. The number of hydrogen-bond donors (Lipinski definition) is 2. The molecule has 0 radical (unpaired) electrons. The van der Waals surface area contributed by atoms with Crippen LogP contribution in [0, 0.1) is 5.92 Å². The molecular formula is C24H25N5O. The van der Waals surface area contributed by atoms with Crippen LogP contribution in [0.3, 0.4) is 0 Å². The van der Waals surface area contributed by atoms with Crippen LogP contribution in [0.15, 0.2) is 60.7 Å². The van der Waals surface area contributed by atoms with Crippen molar-refractivity contribution in [2.24, 2.45) is 5.92 Å². The highest BCUT2D eigenvalue weighted by Gasteiger charge is 2.20. The number of piperidine rings is 1. The van der Waals surface area contributed by atoms with Gasteiger partial charge in [-0.2, -0.15) is 5.10 Å². The van der Waals surface area contributed by atoms with E-state index in [9.17, 15) is 0 Å². The summed E-state index contributed by atoms with van der Waals surface area (Å²) in [5, 5.41) is 8.09. The minimum atomic E-state index is 0.538. The second-order valence-electron chi connectivity index (χ2n) is 7.97. The molecule has 0 saturated carbocycles. The Labute approximate surface area is 175 Å². The maximum Gasteiger partial charge on any atom is 0.185 e. The Kier molecular flexibility index (Phi) is 4.75. The van der Waals surface area contributed by atoms with Gasteiger partial charge in [0.2, 0.25) is 0 Å². The van der Waals surface area contributed by atoms with Gasteiger partial charge in [-0.05, 0) is 54.7 Å². The summed E-state index contributed by atoms with van der Waals surface area (Å²) in [5.41, 5.74) is 8.94. The van der Waals surface area contributed by atoms with E-state index in [1.54, 1.807) is 0 Å². The highest BCUT2D eigenvalue weighted by Crippen LogP contribution is 2.35. The molecule has 1 fully saturated rings. The van der Waals surface area contributed by atoms with E-state index in [4.69, 9.17) is 15.5 Å². The third-order valence-corrected chi connectivity index (χ3v) is 5.79. The molecule has 30 heavy (non-hydrogen) atoms. The van der Waals surface area contributed by atoms with Crippen LogP contribution in [0.2, 0.25) is 0 Å². The zero-order chi connectivity index (χ0) is 20.5. The summed E-state index contributed by atoms with van der Waals surface area (Å²) >= 11 is 0. The van der Waals surface area contributed by atoms with Crippen molar-refractivity contribution < 1.29 is 4.74 Å². The van der Waals surface area contributed by atoms with Crippen molar-refractivity contribution in [3.05, 3.63) is 60.7 Å². The number of H-pyrrole nitrogens is 1. The van der Waals surface area contributed by atoms with Gasteiger partial charge >= 0.3 is 0 Å². The van der Waals surface area contributed by atoms with Crippen LogP contribution in [-0.2, 0) is 0 Å². The average molecular weight is 399 g/mol. The summed E-state index contributed by atoms with van der Waals surface area (Å²) in [6.07, 6.45) is 2.37. The van der Waals surface area contributed by atoms with Crippen molar-refractivity contribution >= 4 is 22.7 Å². The van der Waals surface area contributed by atoms with Gasteiger partial charge < -0.3 is 15.4 Å². The van der Waals surface area contributed by atoms with E-state index in [-0.39, 0.29) is 0 Å². The highest BCUT2D eigenvalue weighted by molar-refractivity contribution is 6.01. The van der Waals surface area contributed by atoms with Crippen LogP contribution in [0.25, 0.3) is 22.2 Å². The lowest BCUT2D eigenvalue weighted by Gasteiger charge is -2.31. The molecule has 0 aliphatic carbocycles. The third-order valence-electron chi connectivity index (χ3n) is 5.79. The number of aromatic amines is 1. The Bertz CT molecular complexity index is 1150. The summed E-state index contributed by atoms with van der Waals surface area (Å²) in [4.78, 5) is 7.13. The van der Waals surface area contributed by atoms with Crippen LogP contribution in [0.4, 0.5) is 11.6 Å². The van der Waals surface area contributed by atoms with Crippen LogP contribution >= 0.6 is 0 Å². The average Bonchev–Trinajstić information content (AvgIpc) is 3.16. The van der Waals surface area contributed by atoms with Gasteiger partial charge in [0.25, 0.3) is 0 Å². The molecule has 1 saturated heterocycles. The molecule has 0 atom stereocenters. The number of fused-ring (bicyclic) bond motifs is 1. The maximum absolute atomic E-state index is 6.20. The van der Waals surface area contributed by atoms with Crippen molar-refractivity contribution in [3.63, 3.8) is 0 Å². The first kappa shape index (κ1) is 18.5. The maximum atomic E-state index is 6.20. The number of nitrogens with two attached hydrogens (primary N) is 1. The Balaban J connectivity index is 1.50. The van der Waals surface area contributed by atoms with E-state index >= 15 is 0 Å². The fraction of sp³-hybridized carbons (Fsp3) is 0.250. The molecule has 2 aromatic carbocycles. The zero-order valence-electron chi connectivity index (χ0n) is 17.0. The number of hydrogen-bond acceptors (Lipinski definition) is 5. The lowest BCUT2D eigenvalue weighted by molar-refractivity contribution is 0.437. The minimum Gasteiger partial charge on any atom is -0.457 e. The van der Waals surface area contributed by atoms with Crippen LogP contribution in [-0.4, -0.2) is 28.3 Å². The molecule has 3 heterocycles. The molecule has 2 aromatic heterocycles. The van der Waals surface area contributed by atoms with Crippen molar-refractivity contribution in [1.29, 1.82) is 0 Å². The van der Waals surface area contributed by atoms with Gasteiger partial charge in [0.1, 0.15) is 23.1 Å². The molecule has 152 valence electrons. The monoisotopic (exact) mass is 399 g/mol. The number of pyridine rings is 1. The number of aromatic nitrogens is 3. The molecule has 0 amide bonds. The number of benzene rings is 2. The SMILES string of the molecule is CC1CCN(c2cc(-c3ccc(Oc4ccccc4)cc3)c3c(N)[nH]nc3n2)CC1. The number of anilines is 2. The van der Waals surface area contributed by atoms with Gasteiger partial charge in [0.15, 0.2) is 5.65 Å². The molecule has 0 unspecified atom stereocenters. The quantitative estimate of drug-likeness (QED) is 0.491. The molecule has 1 aliphatic rings. The molecule has 0 spiro atoms. The van der Waals surface area contributed by atoms with Crippen LogP contribution in [0.1, 0.15) is 19.8 Å². The fourth-order valence-electron chi connectivity index (χ4n) is 3.99. The van der Waals surface area contributed by atoms with Gasteiger partial charge in [0, 0.05) is 18.7 Å². The zero-order valence-corrected chi connectivity index (χ0v) is 17.0. The highest BCUT2D eigenvalue weighted by atomic mass is 16.5. The smallest absolute Gasteiger partial charge is 0.185 e. The first-order valence-corrected chi connectivity index (χ1v) is 10.4. The molecule has 4 aromatic rings. The van der Waals surface area contributed by atoms with Crippen molar-refractivity contribution in [2.75, 3.05) is 23.7 Å². The van der Waals surface area contributed by atoms with Gasteiger partial charge in [-0.15, -0.1) is 0 Å². The topological polar surface area (TPSA) is 80.1 Å². The Morgan fingerprint density at radius 1 is 1.00 bits per heavy atom. The molecule has 6 heteroatoms. The second-order valence-corrected chi connectivity index (χ2v) is 7.97. The normalized spacial score (nSPS) is 14.9. The van der Waals surface area contributed by atoms with Crippen LogP contribution in [0.5, 0.6) is 11.5 Å². The van der Waals surface area contributed by atoms with Crippen molar-refractivity contribution in [3.8, 4) is 22.6 Å². The van der Waals surface area contributed by atoms with E-state index in [1.807, 2.05) is 42.5 Å². The number of nitrogens with zero attached hydrogens (tertiary/aromatic N) is 3. The first-order valence-electron chi connectivity index (χ1n) is 10.4. The summed E-state index contributed by atoms with van der Waals surface area (Å²) in [6.45, 7) is 4.35. The largest absolute Gasteiger partial charge is 0.457 e. The van der Waals surface area contributed by atoms with Crippen LogP contribution < -0.4 is 15.4 Å². The van der Waals surface area contributed by atoms with E-state index in [1.165, 1.54) is 12.8 Å². The van der Waals surface area contributed by atoms with Gasteiger partial charge in [-0.1, -0.05) is 37.3 Å². The van der Waals surface area contributed by atoms with E-state index < -0.39 is 0 Å². The predicted octanol–water partition coefficient (Wildman–Crippen LogP) is 5.24. The first-order chi connectivity index (χ1) is 14.7. The Morgan fingerprint density at radius 3 is 2.43 bits per heavy atom. The Morgan fingerprint density at radius 2 is 1.70 bits per heavy atom. The number of nitrogens with one attached hydrogen (secondary N) is 1. The third kappa shape index (κ3) is 3.56. The van der Waals surface area contributed by atoms with E-state index in [0.717, 1.165) is 52.8 Å². The molecule has 3 N–H and O–H groups in total. The van der Waals surface area contributed by atoms with E-state index in [0.29, 0.717) is 11.5 Å². The number of para-hydroxylation sites is 1. The second kappa shape index (κ2) is 7.71. The molecule has 1 aliphatic heterocycles. The molecular weight excluding hydrogens is 374 g/mol. The minimum absolute atomic E-state index is 0.538. The van der Waals surface area contributed by atoms with Crippen molar-refractivity contribution in [2.45, 2.75) is 19.8 Å². The number of nitrogen functional groups attached to an aromatic ring is 1. The fourth-order valence-corrected chi connectivity index (χ4v) is 3.99. The predicted molar refractivity (Wildman–Crippen MR) is 121 cm³/mol. The molecule has 0 bridgehead atoms. The standard InChI is InChI=1S/C24H25N5O/c1-16-11-13-29(14-12-16)21-15-20(22-23(25)27-28-24(22)26-21)17-7-9-19(10-8-17)30-18-5-3-2-4-6-18/h2-10,15-16H,11-14H2,1H3,(H3,25,26,27,28). The number of rotatable bonds is 4.